The predicted octanol–water partition coefficient (Wildman–Crippen LogP) is 2.61. The molecule has 0 spiro atoms. The Morgan fingerprint density at radius 3 is 2.88 bits per heavy atom. The normalized spacial score (nSPS) is 12.9. The maximum atomic E-state index is 10.3. The summed E-state index contributed by atoms with van der Waals surface area (Å²) in [7, 11) is 0. The summed E-state index contributed by atoms with van der Waals surface area (Å²) in [5, 5.41) is 16.7. The maximum absolute atomic E-state index is 10.3. The molecular weight excluding hydrogens is 220 g/mol. The third-order valence-corrected chi connectivity index (χ3v) is 3.54. The van der Waals surface area contributed by atoms with Crippen LogP contribution in [0, 0.1) is 0 Å². The Bertz CT molecular complexity index is 448. The predicted molar refractivity (Wildman–Crippen MR) is 65.7 cm³/mol. The number of hydrogen-bond donors (Lipinski definition) is 1. The molecule has 2 rings (SSSR count). The lowest BCUT2D eigenvalue weighted by Crippen LogP contribution is -2.07. The van der Waals surface area contributed by atoms with Gasteiger partial charge < -0.3 is 5.11 Å². The molecule has 0 radical (unpaired) electrons. The molecule has 16 heavy (non-hydrogen) atoms. The van der Waals surface area contributed by atoms with Crippen molar-refractivity contribution < 1.29 is 5.11 Å². The molecule has 3 nitrogen and oxygen atoms in total. The van der Waals surface area contributed by atoms with Crippen molar-refractivity contribution in [2.45, 2.75) is 32.9 Å². The molecule has 2 aromatic rings. The fourth-order valence-electron chi connectivity index (χ4n) is 1.73. The van der Waals surface area contributed by atoms with E-state index in [2.05, 4.69) is 12.0 Å². The van der Waals surface area contributed by atoms with Crippen LogP contribution in [0.5, 0.6) is 0 Å². The summed E-state index contributed by atoms with van der Waals surface area (Å²) in [6, 6.07) is 5.90. The molecule has 0 aliphatic rings. The minimum atomic E-state index is -0.548. The summed E-state index contributed by atoms with van der Waals surface area (Å²) in [4.78, 5) is 0.970. The van der Waals surface area contributed by atoms with Crippen LogP contribution in [-0.2, 0) is 13.0 Å². The van der Waals surface area contributed by atoms with E-state index in [0.717, 1.165) is 29.2 Å². The van der Waals surface area contributed by atoms with Gasteiger partial charge in [0.15, 0.2) is 0 Å². The van der Waals surface area contributed by atoms with Gasteiger partial charge in [0.2, 0.25) is 0 Å². The number of aryl methyl sites for hydroxylation is 2. The smallest absolute Gasteiger partial charge is 0.130 e. The van der Waals surface area contributed by atoms with Crippen LogP contribution in [0.15, 0.2) is 23.6 Å². The monoisotopic (exact) mass is 236 g/mol. The number of thiophene rings is 1. The molecule has 0 amide bonds. The van der Waals surface area contributed by atoms with Crippen molar-refractivity contribution in [1.82, 2.24) is 9.78 Å². The highest BCUT2D eigenvalue weighted by Gasteiger charge is 2.17. The van der Waals surface area contributed by atoms with Crippen molar-refractivity contribution in [3.63, 3.8) is 0 Å². The minimum Gasteiger partial charge on any atom is -0.381 e. The lowest BCUT2D eigenvalue weighted by Gasteiger charge is -2.10. The van der Waals surface area contributed by atoms with Gasteiger partial charge in [-0.05, 0) is 30.9 Å². The molecule has 0 saturated heterocycles. The molecular formula is C12H16N2OS. The van der Waals surface area contributed by atoms with Crippen molar-refractivity contribution in [3.8, 4) is 0 Å². The van der Waals surface area contributed by atoms with E-state index >= 15 is 0 Å². The van der Waals surface area contributed by atoms with Crippen LogP contribution in [0.1, 0.15) is 36.2 Å². The van der Waals surface area contributed by atoms with Crippen LogP contribution in [-0.4, -0.2) is 14.9 Å². The van der Waals surface area contributed by atoms with Crippen molar-refractivity contribution in [2.24, 2.45) is 0 Å². The van der Waals surface area contributed by atoms with Crippen molar-refractivity contribution in [3.05, 3.63) is 39.8 Å². The highest BCUT2D eigenvalue weighted by atomic mass is 32.1. The highest BCUT2D eigenvalue weighted by Crippen LogP contribution is 2.26. The first-order valence-electron chi connectivity index (χ1n) is 5.54. The summed E-state index contributed by atoms with van der Waals surface area (Å²) in [6.45, 7) is 4.90. The molecule has 86 valence electrons. The lowest BCUT2D eigenvalue weighted by molar-refractivity contribution is 0.212. The second-order valence-electron chi connectivity index (χ2n) is 3.65. The summed E-state index contributed by atoms with van der Waals surface area (Å²) in [6.07, 6.45) is 0.352. The second kappa shape index (κ2) is 4.80. The fraction of sp³-hybridized carbons (Fsp3) is 0.417. The highest BCUT2D eigenvalue weighted by molar-refractivity contribution is 7.10. The van der Waals surface area contributed by atoms with E-state index in [4.69, 9.17) is 0 Å². The van der Waals surface area contributed by atoms with Gasteiger partial charge in [0.05, 0.1) is 11.4 Å². The van der Waals surface area contributed by atoms with Gasteiger partial charge in [-0.2, -0.15) is 5.10 Å². The van der Waals surface area contributed by atoms with Gasteiger partial charge in [0.1, 0.15) is 6.10 Å². The number of aliphatic hydroxyl groups is 1. The van der Waals surface area contributed by atoms with E-state index in [9.17, 15) is 5.11 Å². The molecule has 0 fully saturated rings. The summed E-state index contributed by atoms with van der Waals surface area (Å²) in [5.41, 5.74) is 1.93. The third kappa shape index (κ3) is 2.03. The molecule has 1 unspecified atom stereocenters. The van der Waals surface area contributed by atoms with Gasteiger partial charge in [-0.1, -0.05) is 13.0 Å². The van der Waals surface area contributed by atoms with Gasteiger partial charge in [-0.3, -0.25) is 4.68 Å². The van der Waals surface area contributed by atoms with E-state index < -0.39 is 6.10 Å². The topological polar surface area (TPSA) is 38.0 Å². The number of rotatable bonds is 4. The Labute approximate surface area is 99.4 Å². The standard InChI is InChI=1S/C12H16N2OS/c1-3-9-8-10(14(4-2)13-9)12(15)11-6-5-7-16-11/h5-8,12,15H,3-4H2,1-2H3. The molecule has 0 aromatic carbocycles. The Balaban J connectivity index is 2.35. The van der Waals surface area contributed by atoms with E-state index in [-0.39, 0.29) is 0 Å². The Morgan fingerprint density at radius 2 is 2.31 bits per heavy atom. The summed E-state index contributed by atoms with van der Waals surface area (Å²) < 4.78 is 1.88. The van der Waals surface area contributed by atoms with Gasteiger partial charge in [-0.25, -0.2) is 0 Å². The van der Waals surface area contributed by atoms with Gasteiger partial charge in [0.25, 0.3) is 0 Å². The zero-order chi connectivity index (χ0) is 11.5. The molecule has 0 bridgehead atoms. The van der Waals surface area contributed by atoms with E-state index in [0.29, 0.717) is 0 Å². The molecule has 2 aromatic heterocycles. The zero-order valence-electron chi connectivity index (χ0n) is 9.55. The summed E-state index contributed by atoms with van der Waals surface area (Å²) >= 11 is 1.57. The third-order valence-electron chi connectivity index (χ3n) is 2.62. The number of nitrogens with zero attached hydrogens (tertiary/aromatic N) is 2. The van der Waals surface area contributed by atoms with Crippen LogP contribution in [0.2, 0.25) is 0 Å². The molecule has 1 N–H and O–H groups in total. The molecule has 0 aliphatic heterocycles. The fourth-order valence-corrected chi connectivity index (χ4v) is 2.45. The number of aliphatic hydroxyl groups excluding tert-OH is 1. The maximum Gasteiger partial charge on any atom is 0.130 e. The molecule has 0 aliphatic carbocycles. The van der Waals surface area contributed by atoms with Crippen LogP contribution >= 0.6 is 11.3 Å². The molecule has 1 atom stereocenters. The van der Waals surface area contributed by atoms with Crippen LogP contribution in [0.4, 0.5) is 0 Å². The summed E-state index contributed by atoms with van der Waals surface area (Å²) in [5.74, 6) is 0. The van der Waals surface area contributed by atoms with Gasteiger partial charge >= 0.3 is 0 Å². The van der Waals surface area contributed by atoms with Crippen molar-refractivity contribution >= 4 is 11.3 Å². The first-order chi connectivity index (χ1) is 7.76. The number of aromatic nitrogens is 2. The Kier molecular flexibility index (Phi) is 3.41. The average molecular weight is 236 g/mol. The molecule has 2 heterocycles. The quantitative estimate of drug-likeness (QED) is 0.886. The second-order valence-corrected chi connectivity index (χ2v) is 4.63. The van der Waals surface area contributed by atoms with Gasteiger partial charge in [0, 0.05) is 11.4 Å². The van der Waals surface area contributed by atoms with Crippen LogP contribution in [0.25, 0.3) is 0 Å². The number of hydrogen-bond acceptors (Lipinski definition) is 3. The average Bonchev–Trinajstić information content (AvgIpc) is 2.96. The Morgan fingerprint density at radius 1 is 1.50 bits per heavy atom. The van der Waals surface area contributed by atoms with Crippen molar-refractivity contribution in [1.29, 1.82) is 0 Å². The van der Waals surface area contributed by atoms with E-state index in [1.807, 2.05) is 35.2 Å². The molecule has 0 saturated carbocycles. The Hall–Kier alpha value is -1.13. The first kappa shape index (κ1) is 11.4. The van der Waals surface area contributed by atoms with E-state index in [1.165, 1.54) is 0 Å². The van der Waals surface area contributed by atoms with Crippen molar-refractivity contribution in [2.75, 3.05) is 0 Å². The minimum absolute atomic E-state index is 0.548. The first-order valence-corrected chi connectivity index (χ1v) is 6.42. The van der Waals surface area contributed by atoms with E-state index in [1.54, 1.807) is 11.3 Å². The zero-order valence-corrected chi connectivity index (χ0v) is 10.4. The van der Waals surface area contributed by atoms with Crippen LogP contribution in [0.3, 0.4) is 0 Å². The lowest BCUT2D eigenvalue weighted by atomic mass is 10.2. The largest absolute Gasteiger partial charge is 0.381 e. The SMILES string of the molecule is CCc1cc(C(O)c2cccs2)n(CC)n1. The van der Waals surface area contributed by atoms with Crippen LogP contribution < -0.4 is 0 Å². The van der Waals surface area contributed by atoms with Gasteiger partial charge in [-0.15, -0.1) is 11.3 Å². The molecule has 4 heteroatoms.